The number of benzene rings is 1. The smallest absolute Gasteiger partial charge is 0.128 e. The van der Waals surface area contributed by atoms with Gasteiger partial charge in [0.15, 0.2) is 0 Å². The summed E-state index contributed by atoms with van der Waals surface area (Å²) in [5.41, 5.74) is 0.610. The monoisotopic (exact) mass is 296 g/mol. The van der Waals surface area contributed by atoms with E-state index < -0.39 is 0 Å². The van der Waals surface area contributed by atoms with Gasteiger partial charge in [-0.1, -0.05) is 0 Å². The summed E-state index contributed by atoms with van der Waals surface area (Å²) in [6.07, 6.45) is 2.08. The van der Waals surface area contributed by atoms with Gasteiger partial charge < -0.3 is 5.32 Å². The fourth-order valence-corrected chi connectivity index (χ4v) is 3.01. The Kier molecular flexibility index (Phi) is 4.99. The average molecular weight is 296 g/mol. The number of piperidine rings is 1. The molecule has 1 aliphatic rings. The zero-order valence-electron chi connectivity index (χ0n) is 13.4. The van der Waals surface area contributed by atoms with Gasteiger partial charge in [0.2, 0.25) is 0 Å². The molecule has 0 aliphatic carbocycles. The third-order valence-corrected chi connectivity index (χ3v) is 4.35. The average Bonchev–Trinajstić information content (AvgIpc) is 2.41. The first kappa shape index (κ1) is 16.4. The Bertz CT molecular complexity index is 474. The highest BCUT2D eigenvalue weighted by molar-refractivity contribution is 5.22. The van der Waals surface area contributed by atoms with Crippen molar-refractivity contribution < 1.29 is 8.78 Å². The molecule has 0 amide bonds. The Labute approximate surface area is 126 Å². The number of likely N-dealkylation sites (tertiary alicyclic amines) is 1. The molecule has 1 aromatic rings. The molecule has 118 valence electrons. The molecule has 0 radical (unpaired) electrons. The minimum Gasteiger partial charge on any atom is -0.307 e. The maximum Gasteiger partial charge on any atom is 0.128 e. The SMILES string of the molecule is CC(NC1CCN(C(C)(C)C)CC1)c1cc(F)ccc1F. The highest BCUT2D eigenvalue weighted by Gasteiger charge is 2.27. The third kappa shape index (κ3) is 4.24. The molecule has 1 N–H and O–H groups in total. The van der Waals surface area contributed by atoms with Crippen LogP contribution in [0.3, 0.4) is 0 Å². The lowest BCUT2D eigenvalue weighted by molar-refractivity contribution is 0.0941. The highest BCUT2D eigenvalue weighted by Crippen LogP contribution is 2.23. The zero-order valence-corrected chi connectivity index (χ0v) is 13.4. The lowest BCUT2D eigenvalue weighted by Gasteiger charge is -2.41. The zero-order chi connectivity index (χ0) is 15.6. The van der Waals surface area contributed by atoms with E-state index in [9.17, 15) is 8.78 Å². The summed E-state index contributed by atoms with van der Waals surface area (Å²) in [5, 5.41) is 3.44. The van der Waals surface area contributed by atoms with E-state index in [1.54, 1.807) is 0 Å². The largest absolute Gasteiger partial charge is 0.307 e. The Hall–Kier alpha value is -1.00. The summed E-state index contributed by atoms with van der Waals surface area (Å²) in [4.78, 5) is 2.47. The van der Waals surface area contributed by atoms with Crippen molar-refractivity contribution in [1.82, 2.24) is 10.2 Å². The number of nitrogens with zero attached hydrogens (tertiary/aromatic N) is 1. The van der Waals surface area contributed by atoms with Crippen molar-refractivity contribution in [3.8, 4) is 0 Å². The van der Waals surface area contributed by atoms with Crippen LogP contribution in [0.2, 0.25) is 0 Å². The molecular formula is C17H26F2N2. The van der Waals surface area contributed by atoms with Crippen molar-refractivity contribution in [3.63, 3.8) is 0 Å². The maximum absolute atomic E-state index is 13.8. The van der Waals surface area contributed by atoms with E-state index in [2.05, 4.69) is 31.0 Å². The van der Waals surface area contributed by atoms with Gasteiger partial charge in [-0.25, -0.2) is 8.78 Å². The van der Waals surface area contributed by atoms with Gasteiger partial charge in [0.25, 0.3) is 0 Å². The molecule has 1 aromatic carbocycles. The van der Waals surface area contributed by atoms with Crippen LogP contribution in [0.5, 0.6) is 0 Å². The Morgan fingerprint density at radius 1 is 1.19 bits per heavy atom. The van der Waals surface area contributed by atoms with Crippen LogP contribution in [-0.2, 0) is 0 Å². The fraction of sp³-hybridized carbons (Fsp3) is 0.647. The Balaban J connectivity index is 1.93. The predicted octanol–water partition coefficient (Wildman–Crippen LogP) is 3.88. The lowest BCUT2D eigenvalue weighted by Crippen LogP contribution is -2.50. The molecule has 0 spiro atoms. The van der Waals surface area contributed by atoms with Crippen LogP contribution >= 0.6 is 0 Å². The van der Waals surface area contributed by atoms with Gasteiger partial charge >= 0.3 is 0 Å². The van der Waals surface area contributed by atoms with E-state index in [4.69, 9.17) is 0 Å². The molecule has 1 atom stereocenters. The van der Waals surface area contributed by atoms with E-state index in [0.717, 1.165) is 32.0 Å². The number of nitrogens with one attached hydrogen (secondary N) is 1. The molecule has 1 heterocycles. The second-order valence-corrected chi connectivity index (χ2v) is 6.99. The van der Waals surface area contributed by atoms with Gasteiger partial charge in [-0.05, 0) is 58.7 Å². The lowest BCUT2D eigenvalue weighted by atomic mass is 9.97. The van der Waals surface area contributed by atoms with Crippen LogP contribution in [0.1, 0.15) is 52.1 Å². The van der Waals surface area contributed by atoms with Crippen LogP contribution in [0.25, 0.3) is 0 Å². The molecule has 1 saturated heterocycles. The molecule has 1 fully saturated rings. The summed E-state index contributed by atoms with van der Waals surface area (Å²) < 4.78 is 27.0. The van der Waals surface area contributed by atoms with Crippen LogP contribution in [0.15, 0.2) is 18.2 Å². The third-order valence-electron chi connectivity index (χ3n) is 4.35. The van der Waals surface area contributed by atoms with E-state index in [1.165, 1.54) is 12.1 Å². The second kappa shape index (κ2) is 6.41. The number of rotatable bonds is 3. The van der Waals surface area contributed by atoms with Crippen molar-refractivity contribution >= 4 is 0 Å². The Morgan fingerprint density at radius 3 is 2.38 bits per heavy atom. The molecular weight excluding hydrogens is 270 g/mol. The molecule has 2 rings (SSSR count). The van der Waals surface area contributed by atoms with Crippen LogP contribution in [0, 0.1) is 11.6 Å². The molecule has 0 bridgehead atoms. The van der Waals surface area contributed by atoms with Crippen LogP contribution < -0.4 is 5.32 Å². The molecule has 1 aliphatic heterocycles. The normalized spacial score (nSPS) is 19.7. The van der Waals surface area contributed by atoms with Crippen molar-refractivity contribution in [2.24, 2.45) is 0 Å². The summed E-state index contributed by atoms with van der Waals surface area (Å²) in [6.45, 7) is 10.7. The molecule has 2 nitrogen and oxygen atoms in total. The molecule has 1 unspecified atom stereocenters. The minimum atomic E-state index is -0.386. The van der Waals surface area contributed by atoms with Gasteiger partial charge in [0.1, 0.15) is 11.6 Å². The first-order valence-electron chi connectivity index (χ1n) is 7.73. The van der Waals surface area contributed by atoms with Gasteiger partial charge in [0.05, 0.1) is 0 Å². The summed E-state index contributed by atoms with van der Waals surface area (Å²) in [6, 6.07) is 3.84. The van der Waals surface area contributed by atoms with E-state index >= 15 is 0 Å². The van der Waals surface area contributed by atoms with Crippen LogP contribution in [0.4, 0.5) is 8.78 Å². The Morgan fingerprint density at radius 2 is 1.81 bits per heavy atom. The maximum atomic E-state index is 13.8. The summed E-state index contributed by atoms with van der Waals surface area (Å²) in [7, 11) is 0. The first-order valence-corrected chi connectivity index (χ1v) is 7.73. The van der Waals surface area contributed by atoms with E-state index in [0.29, 0.717) is 11.6 Å². The number of hydrogen-bond donors (Lipinski definition) is 1. The standard InChI is InChI=1S/C17H26F2N2/c1-12(15-11-13(18)5-6-16(15)19)20-14-7-9-21(10-8-14)17(2,3)4/h5-6,11-12,14,20H,7-10H2,1-4H3. The minimum absolute atomic E-state index is 0.174. The van der Waals surface area contributed by atoms with Gasteiger partial charge in [-0.15, -0.1) is 0 Å². The quantitative estimate of drug-likeness (QED) is 0.910. The van der Waals surface area contributed by atoms with Gasteiger partial charge in [0, 0.05) is 36.3 Å². The topological polar surface area (TPSA) is 15.3 Å². The van der Waals surface area contributed by atoms with Crippen molar-refractivity contribution in [1.29, 1.82) is 0 Å². The fourth-order valence-electron chi connectivity index (χ4n) is 3.01. The summed E-state index contributed by atoms with van der Waals surface area (Å²) >= 11 is 0. The van der Waals surface area contributed by atoms with Gasteiger partial charge in [-0.3, -0.25) is 4.90 Å². The molecule has 4 heteroatoms. The second-order valence-electron chi connectivity index (χ2n) is 6.99. The highest BCUT2D eigenvalue weighted by atomic mass is 19.1. The molecule has 0 saturated carbocycles. The van der Waals surface area contributed by atoms with Gasteiger partial charge in [-0.2, -0.15) is 0 Å². The van der Waals surface area contributed by atoms with Crippen molar-refractivity contribution in [2.75, 3.05) is 13.1 Å². The first-order chi connectivity index (χ1) is 9.77. The molecule has 0 aromatic heterocycles. The van der Waals surface area contributed by atoms with Crippen LogP contribution in [-0.4, -0.2) is 29.6 Å². The molecule has 21 heavy (non-hydrogen) atoms. The van der Waals surface area contributed by atoms with Crippen molar-refractivity contribution in [2.45, 2.75) is 58.2 Å². The number of halogens is 2. The van der Waals surface area contributed by atoms with E-state index in [-0.39, 0.29) is 23.2 Å². The predicted molar refractivity (Wildman–Crippen MR) is 82.3 cm³/mol. The summed E-state index contributed by atoms with van der Waals surface area (Å²) in [5.74, 6) is -0.730. The van der Waals surface area contributed by atoms with E-state index in [1.807, 2.05) is 6.92 Å². The van der Waals surface area contributed by atoms with Crippen molar-refractivity contribution in [3.05, 3.63) is 35.4 Å². The number of hydrogen-bond acceptors (Lipinski definition) is 2.